The predicted octanol–water partition coefficient (Wildman–Crippen LogP) is 2.99. The molecule has 0 aliphatic rings. The highest BCUT2D eigenvalue weighted by Crippen LogP contribution is 2.26. The van der Waals surface area contributed by atoms with Crippen molar-refractivity contribution in [3.05, 3.63) is 41.6 Å². The van der Waals surface area contributed by atoms with Gasteiger partial charge in [-0.1, -0.05) is 26.0 Å². The summed E-state index contributed by atoms with van der Waals surface area (Å²) in [7, 11) is 0. The van der Waals surface area contributed by atoms with Crippen LogP contribution in [0.1, 0.15) is 30.9 Å². The first-order valence-corrected chi connectivity index (χ1v) is 6.18. The quantitative estimate of drug-likeness (QED) is 0.651. The lowest BCUT2D eigenvalue weighted by atomic mass is 10.0. The van der Waals surface area contributed by atoms with Crippen LogP contribution in [0.25, 0.3) is 0 Å². The number of hydrazine groups is 1. The molecule has 1 aromatic heterocycles. The van der Waals surface area contributed by atoms with E-state index in [1.165, 1.54) is 5.56 Å². The summed E-state index contributed by atoms with van der Waals surface area (Å²) in [5.41, 5.74) is 4.49. The molecule has 1 aromatic carbocycles. The van der Waals surface area contributed by atoms with Gasteiger partial charge in [0, 0.05) is 11.8 Å². The third-order valence-electron chi connectivity index (χ3n) is 2.79. The van der Waals surface area contributed by atoms with Gasteiger partial charge in [0.05, 0.1) is 0 Å². The van der Waals surface area contributed by atoms with Crippen LogP contribution in [0.2, 0.25) is 0 Å². The number of ether oxygens (including phenoxy) is 1. The minimum Gasteiger partial charge on any atom is -0.439 e. The van der Waals surface area contributed by atoms with Crippen molar-refractivity contribution < 1.29 is 4.74 Å². The summed E-state index contributed by atoms with van der Waals surface area (Å²) in [5.74, 6) is 7.35. The van der Waals surface area contributed by atoms with Gasteiger partial charge in [-0.2, -0.15) is 4.98 Å². The van der Waals surface area contributed by atoms with Gasteiger partial charge in [-0.05, 0) is 30.5 Å². The fourth-order valence-electron chi connectivity index (χ4n) is 1.65. The monoisotopic (exact) mass is 258 g/mol. The average molecular weight is 258 g/mol. The van der Waals surface area contributed by atoms with E-state index in [1.807, 2.05) is 25.1 Å². The molecule has 2 rings (SSSR count). The molecule has 0 unspecified atom stereocenters. The number of nitrogens with zero attached hydrogens (tertiary/aromatic N) is 2. The van der Waals surface area contributed by atoms with Crippen molar-refractivity contribution in [3.63, 3.8) is 0 Å². The van der Waals surface area contributed by atoms with Crippen LogP contribution in [0.15, 0.2) is 30.5 Å². The molecular formula is C14H18N4O. The van der Waals surface area contributed by atoms with Gasteiger partial charge >= 0.3 is 0 Å². The highest BCUT2D eigenvalue weighted by atomic mass is 16.5. The number of benzene rings is 1. The van der Waals surface area contributed by atoms with Crippen LogP contribution in [0.5, 0.6) is 11.6 Å². The third-order valence-corrected chi connectivity index (χ3v) is 2.79. The van der Waals surface area contributed by atoms with Crippen LogP contribution in [0.3, 0.4) is 0 Å². The van der Waals surface area contributed by atoms with Gasteiger partial charge in [0.15, 0.2) is 0 Å². The smallest absolute Gasteiger partial charge is 0.240 e. The molecule has 0 spiro atoms. The van der Waals surface area contributed by atoms with Crippen molar-refractivity contribution >= 4 is 5.95 Å². The molecule has 0 aliphatic heterocycles. The molecule has 2 aromatic rings. The minimum atomic E-state index is 0.334. The van der Waals surface area contributed by atoms with E-state index in [-0.39, 0.29) is 0 Å². The maximum absolute atomic E-state index is 5.80. The lowest BCUT2D eigenvalue weighted by molar-refractivity contribution is 0.457. The van der Waals surface area contributed by atoms with Gasteiger partial charge in [0.25, 0.3) is 0 Å². The summed E-state index contributed by atoms with van der Waals surface area (Å²) in [4.78, 5) is 8.21. The zero-order valence-electron chi connectivity index (χ0n) is 11.3. The highest BCUT2D eigenvalue weighted by molar-refractivity contribution is 5.37. The number of nitrogen functional groups attached to an aromatic ring is 1. The van der Waals surface area contributed by atoms with Crippen LogP contribution < -0.4 is 16.0 Å². The van der Waals surface area contributed by atoms with Crippen molar-refractivity contribution in [3.8, 4) is 11.6 Å². The van der Waals surface area contributed by atoms with E-state index >= 15 is 0 Å². The first-order chi connectivity index (χ1) is 9.10. The summed E-state index contributed by atoms with van der Waals surface area (Å²) < 4.78 is 5.80. The molecule has 0 atom stereocenters. The molecule has 0 bridgehead atoms. The number of hydrogen-bond acceptors (Lipinski definition) is 5. The Hall–Kier alpha value is -2.14. The number of aromatic nitrogens is 2. The second kappa shape index (κ2) is 5.67. The molecule has 0 amide bonds. The van der Waals surface area contributed by atoms with Crippen molar-refractivity contribution in [1.29, 1.82) is 0 Å². The molecule has 0 saturated heterocycles. The molecule has 100 valence electrons. The Bertz CT molecular complexity index is 569. The van der Waals surface area contributed by atoms with Gasteiger partial charge in [-0.15, -0.1) is 0 Å². The summed E-state index contributed by atoms with van der Waals surface area (Å²) in [6, 6.07) is 7.98. The first kappa shape index (κ1) is 13.3. The largest absolute Gasteiger partial charge is 0.439 e. The predicted molar refractivity (Wildman–Crippen MR) is 75.2 cm³/mol. The van der Waals surface area contributed by atoms with Crippen molar-refractivity contribution in [2.24, 2.45) is 5.84 Å². The number of anilines is 1. The Morgan fingerprint density at radius 2 is 2.11 bits per heavy atom. The molecule has 3 N–H and O–H groups in total. The molecule has 5 nitrogen and oxygen atoms in total. The lowest BCUT2D eigenvalue weighted by Crippen LogP contribution is -2.11. The van der Waals surface area contributed by atoms with E-state index < -0.39 is 0 Å². The molecule has 1 heterocycles. The number of aryl methyl sites for hydroxylation is 1. The average Bonchev–Trinajstić information content (AvgIpc) is 2.41. The Balaban J connectivity index is 2.28. The minimum absolute atomic E-state index is 0.334. The zero-order chi connectivity index (χ0) is 13.8. The second-order valence-electron chi connectivity index (χ2n) is 4.66. The molecule has 19 heavy (non-hydrogen) atoms. The standard InChI is InChI=1S/C14H18N4O/c1-9(2)11-5-4-6-12(7-11)19-13-10(3)8-16-14(17-13)18-15/h4-9H,15H2,1-3H3,(H,16,17,18). The molecule has 0 saturated carbocycles. The van der Waals surface area contributed by atoms with Gasteiger partial charge < -0.3 is 4.74 Å². The maximum atomic E-state index is 5.80. The van der Waals surface area contributed by atoms with Gasteiger partial charge in [0.1, 0.15) is 5.75 Å². The van der Waals surface area contributed by atoms with E-state index in [0.29, 0.717) is 17.7 Å². The lowest BCUT2D eigenvalue weighted by Gasteiger charge is -2.11. The zero-order valence-corrected chi connectivity index (χ0v) is 11.3. The van der Waals surface area contributed by atoms with Crippen LogP contribution in [0, 0.1) is 6.92 Å². The highest BCUT2D eigenvalue weighted by Gasteiger charge is 2.07. The number of nitrogens with two attached hydrogens (primary N) is 1. The number of nitrogens with one attached hydrogen (secondary N) is 1. The van der Waals surface area contributed by atoms with E-state index in [1.54, 1.807) is 6.20 Å². The number of rotatable bonds is 4. The fourth-order valence-corrected chi connectivity index (χ4v) is 1.65. The molecular weight excluding hydrogens is 240 g/mol. The molecule has 5 heteroatoms. The number of hydrogen-bond donors (Lipinski definition) is 2. The molecule has 0 aliphatic carbocycles. The fraction of sp³-hybridized carbons (Fsp3) is 0.286. The van der Waals surface area contributed by atoms with E-state index in [9.17, 15) is 0 Å². The summed E-state index contributed by atoms with van der Waals surface area (Å²) in [5, 5.41) is 0. The normalized spacial score (nSPS) is 10.6. The van der Waals surface area contributed by atoms with Crippen LogP contribution in [-0.4, -0.2) is 9.97 Å². The Morgan fingerprint density at radius 1 is 1.32 bits per heavy atom. The van der Waals surface area contributed by atoms with Gasteiger partial charge in [-0.25, -0.2) is 10.8 Å². The van der Waals surface area contributed by atoms with E-state index in [0.717, 1.165) is 11.3 Å². The molecule has 0 radical (unpaired) electrons. The van der Waals surface area contributed by atoms with E-state index in [2.05, 4.69) is 35.3 Å². The topological polar surface area (TPSA) is 73.1 Å². The van der Waals surface area contributed by atoms with Gasteiger partial charge in [-0.3, -0.25) is 5.43 Å². The SMILES string of the molecule is Cc1cnc(NN)nc1Oc1cccc(C(C)C)c1. The second-order valence-corrected chi connectivity index (χ2v) is 4.66. The van der Waals surface area contributed by atoms with Crippen molar-refractivity contribution in [2.45, 2.75) is 26.7 Å². The van der Waals surface area contributed by atoms with Crippen molar-refractivity contribution in [2.75, 3.05) is 5.43 Å². The summed E-state index contributed by atoms with van der Waals surface area (Å²) >= 11 is 0. The van der Waals surface area contributed by atoms with Crippen molar-refractivity contribution in [1.82, 2.24) is 9.97 Å². The van der Waals surface area contributed by atoms with Crippen LogP contribution >= 0.6 is 0 Å². The Labute approximate surface area is 112 Å². The maximum Gasteiger partial charge on any atom is 0.240 e. The summed E-state index contributed by atoms with van der Waals surface area (Å²) in [6.07, 6.45) is 1.67. The summed E-state index contributed by atoms with van der Waals surface area (Å²) in [6.45, 7) is 6.18. The van der Waals surface area contributed by atoms with Gasteiger partial charge in [0.2, 0.25) is 11.8 Å². The Morgan fingerprint density at radius 3 is 2.79 bits per heavy atom. The first-order valence-electron chi connectivity index (χ1n) is 6.18. The molecule has 0 fully saturated rings. The van der Waals surface area contributed by atoms with Crippen LogP contribution in [-0.2, 0) is 0 Å². The third kappa shape index (κ3) is 3.20. The Kier molecular flexibility index (Phi) is 3.97. The van der Waals surface area contributed by atoms with Crippen LogP contribution in [0.4, 0.5) is 5.95 Å². The van der Waals surface area contributed by atoms with E-state index in [4.69, 9.17) is 10.6 Å².